The number of amides is 1. The van der Waals surface area contributed by atoms with Gasteiger partial charge in [0.05, 0.1) is 10.6 Å². The Morgan fingerprint density at radius 1 is 0.731 bits per heavy atom. The van der Waals surface area contributed by atoms with Crippen molar-refractivity contribution in [1.29, 1.82) is 0 Å². The number of para-hydroxylation sites is 2. The molecule has 3 aliphatic heterocycles. The van der Waals surface area contributed by atoms with Gasteiger partial charge in [-0.05, 0) is 59.9 Å². The lowest BCUT2D eigenvalue weighted by atomic mass is 9.82. The van der Waals surface area contributed by atoms with Crippen molar-refractivity contribution in [1.82, 2.24) is 4.31 Å². The van der Waals surface area contributed by atoms with Crippen molar-refractivity contribution in [2.75, 3.05) is 48.6 Å². The highest BCUT2D eigenvalue weighted by Crippen LogP contribution is 2.52. The summed E-state index contributed by atoms with van der Waals surface area (Å²) in [5.41, 5.74) is 8.80. The summed E-state index contributed by atoms with van der Waals surface area (Å²) in [6.45, 7) is 1.18. The van der Waals surface area contributed by atoms with E-state index in [-0.39, 0.29) is 4.90 Å². The van der Waals surface area contributed by atoms with Gasteiger partial charge >= 0.3 is 6.09 Å². The van der Waals surface area contributed by atoms with Gasteiger partial charge in [0.25, 0.3) is 10.0 Å². The van der Waals surface area contributed by atoms with E-state index in [0.29, 0.717) is 21.4 Å². The van der Waals surface area contributed by atoms with Crippen molar-refractivity contribution in [2.24, 2.45) is 0 Å². The average molecular weight is 736 g/mol. The smallest absolute Gasteiger partial charge is 0.423 e. The number of fused-ring (bicyclic) bond motifs is 4. The molecule has 0 unspecified atom stereocenters. The van der Waals surface area contributed by atoms with Crippen LogP contribution in [0.5, 0.6) is 11.5 Å². The van der Waals surface area contributed by atoms with Crippen LogP contribution >= 0.6 is 0 Å². The summed E-state index contributed by atoms with van der Waals surface area (Å²) in [6, 6.07) is 35.4. The summed E-state index contributed by atoms with van der Waals surface area (Å²) in [6.07, 6.45) is 1.70. The number of hydrogen-bond acceptors (Lipinski definition) is 9. The maximum Gasteiger partial charge on any atom is 0.423 e. The SMILES string of the molecule is CN(C(=O)OCCS(C)(=O)=O)S(=O)(=O)c1ccccc1C1c2ccc(N3CCc4ccccc43)cc2Oc2cc(N3CCc4ccccc43)ccc21. The zero-order valence-electron chi connectivity index (χ0n) is 28.7. The second-order valence-electron chi connectivity index (χ2n) is 13.3. The second-order valence-corrected chi connectivity index (χ2v) is 17.5. The lowest BCUT2D eigenvalue weighted by Gasteiger charge is -2.32. The molecule has 1 amide bonds. The van der Waals surface area contributed by atoms with E-state index in [9.17, 15) is 21.6 Å². The van der Waals surface area contributed by atoms with Gasteiger partial charge in [-0.15, -0.1) is 0 Å². The van der Waals surface area contributed by atoms with Crippen LogP contribution in [0.1, 0.15) is 33.7 Å². The van der Waals surface area contributed by atoms with Crippen molar-refractivity contribution < 1.29 is 31.1 Å². The van der Waals surface area contributed by atoms with Crippen LogP contribution in [0.3, 0.4) is 0 Å². The van der Waals surface area contributed by atoms with Crippen LogP contribution in [-0.2, 0) is 37.4 Å². The number of benzene rings is 5. The summed E-state index contributed by atoms with van der Waals surface area (Å²) < 4.78 is 63.8. The van der Waals surface area contributed by atoms with Crippen LogP contribution in [-0.4, -0.2) is 66.0 Å². The lowest BCUT2D eigenvalue weighted by molar-refractivity contribution is 0.137. The van der Waals surface area contributed by atoms with Gasteiger partial charge in [0.15, 0.2) is 9.84 Å². The maximum absolute atomic E-state index is 14.2. The van der Waals surface area contributed by atoms with Crippen molar-refractivity contribution in [3.8, 4) is 11.5 Å². The lowest BCUT2D eigenvalue weighted by Crippen LogP contribution is -2.35. The molecular weight excluding hydrogens is 699 g/mol. The van der Waals surface area contributed by atoms with E-state index in [1.165, 1.54) is 17.2 Å². The third-order valence-corrected chi connectivity index (χ3v) is 12.7. The van der Waals surface area contributed by atoms with E-state index in [1.807, 2.05) is 48.5 Å². The highest BCUT2D eigenvalue weighted by molar-refractivity contribution is 7.90. The molecule has 10 nitrogen and oxygen atoms in total. The second kappa shape index (κ2) is 13.0. The van der Waals surface area contributed by atoms with Crippen LogP contribution < -0.4 is 14.5 Å². The first-order chi connectivity index (χ1) is 25.0. The molecule has 5 aromatic rings. The molecule has 12 heteroatoms. The Hall–Kier alpha value is -5.33. The summed E-state index contributed by atoms with van der Waals surface area (Å²) >= 11 is 0. The first-order valence-electron chi connectivity index (χ1n) is 17.1. The molecule has 0 aliphatic carbocycles. The molecule has 3 aliphatic rings. The van der Waals surface area contributed by atoms with Gasteiger partial charge in [0.1, 0.15) is 18.1 Å². The van der Waals surface area contributed by atoms with E-state index in [1.54, 1.807) is 18.2 Å². The molecule has 0 N–H and O–H groups in total. The molecule has 5 aromatic carbocycles. The molecule has 0 bridgehead atoms. The number of rotatable bonds is 8. The van der Waals surface area contributed by atoms with Crippen LogP contribution in [0.15, 0.2) is 114 Å². The largest absolute Gasteiger partial charge is 0.457 e. The molecule has 8 rings (SSSR count). The van der Waals surface area contributed by atoms with Crippen molar-refractivity contribution in [3.63, 3.8) is 0 Å². The normalized spacial score (nSPS) is 15.0. The van der Waals surface area contributed by atoms with E-state index >= 15 is 0 Å². The monoisotopic (exact) mass is 735 g/mol. The van der Waals surface area contributed by atoms with E-state index in [0.717, 1.165) is 73.1 Å². The molecule has 0 spiro atoms. The summed E-state index contributed by atoms with van der Waals surface area (Å²) in [4.78, 5) is 17.4. The molecular formula is C40H37N3O7S2. The van der Waals surface area contributed by atoms with Crippen molar-refractivity contribution in [3.05, 3.63) is 137 Å². The molecule has 266 valence electrons. The fourth-order valence-corrected chi connectivity index (χ4v) is 9.10. The Labute approximate surface area is 303 Å². The van der Waals surface area contributed by atoms with Gasteiger partial charge in [-0.1, -0.05) is 66.7 Å². The van der Waals surface area contributed by atoms with E-state index in [2.05, 4.69) is 46.2 Å². The Kier molecular flexibility index (Phi) is 8.46. The summed E-state index contributed by atoms with van der Waals surface area (Å²) in [5.74, 6) is 0.229. The number of sulfonamides is 1. The van der Waals surface area contributed by atoms with E-state index in [4.69, 9.17) is 9.47 Å². The third-order valence-electron chi connectivity index (χ3n) is 10.0. The maximum atomic E-state index is 14.2. The predicted molar refractivity (Wildman–Crippen MR) is 201 cm³/mol. The van der Waals surface area contributed by atoms with Gasteiger partial charge in [-0.2, -0.15) is 0 Å². The number of anilines is 4. The van der Waals surface area contributed by atoms with Gasteiger partial charge < -0.3 is 19.3 Å². The molecule has 0 radical (unpaired) electrons. The Balaban J connectivity index is 1.22. The quantitative estimate of drug-likeness (QED) is 0.161. The number of ether oxygens (including phenoxy) is 2. The first-order valence-corrected chi connectivity index (χ1v) is 20.6. The van der Waals surface area contributed by atoms with Crippen LogP contribution in [0.4, 0.5) is 27.5 Å². The highest BCUT2D eigenvalue weighted by atomic mass is 32.2. The molecule has 3 heterocycles. The van der Waals surface area contributed by atoms with Crippen LogP contribution in [0, 0.1) is 0 Å². The number of sulfone groups is 1. The zero-order valence-corrected chi connectivity index (χ0v) is 30.4. The minimum Gasteiger partial charge on any atom is -0.457 e. The fourth-order valence-electron chi connectivity index (χ4n) is 7.44. The predicted octanol–water partition coefficient (Wildman–Crippen LogP) is 7.16. The van der Waals surface area contributed by atoms with Crippen molar-refractivity contribution in [2.45, 2.75) is 23.7 Å². The molecule has 52 heavy (non-hydrogen) atoms. The van der Waals surface area contributed by atoms with Crippen molar-refractivity contribution >= 4 is 48.7 Å². The van der Waals surface area contributed by atoms with Gasteiger partial charge in [-0.25, -0.2) is 25.9 Å². The van der Waals surface area contributed by atoms with Crippen LogP contribution in [0.2, 0.25) is 0 Å². The number of carbonyl (C=O) groups excluding carboxylic acids is 1. The van der Waals surface area contributed by atoms with Gasteiger partial charge in [0.2, 0.25) is 0 Å². The first kappa shape index (κ1) is 33.8. The Morgan fingerprint density at radius 2 is 1.25 bits per heavy atom. The average Bonchev–Trinajstić information content (AvgIpc) is 3.77. The van der Waals surface area contributed by atoms with E-state index < -0.39 is 44.2 Å². The molecule has 0 saturated carbocycles. The molecule has 0 aromatic heterocycles. The van der Waals surface area contributed by atoms with Gasteiger partial charge in [0, 0.05) is 78.3 Å². The Bertz CT molecular complexity index is 2340. The zero-order chi connectivity index (χ0) is 36.2. The van der Waals surface area contributed by atoms with Crippen LogP contribution in [0.25, 0.3) is 0 Å². The molecule has 0 atom stereocenters. The third kappa shape index (κ3) is 6.05. The standard InChI is InChI=1S/C40H37N3O7S2/c1-41(40(44)49-23-24-51(2,45)46)52(47,48)38-14-8-5-11-33(38)39-31-17-15-29(42-21-19-27-9-3-6-12-34(27)42)25-36(31)50-37-26-30(16-18-32(37)39)43-22-20-28-10-4-7-13-35(28)43/h3-18,25-26,39H,19-24H2,1-2H3. The molecule has 0 saturated heterocycles. The summed E-state index contributed by atoms with van der Waals surface area (Å²) in [5, 5.41) is 0. The Morgan fingerprint density at radius 3 is 1.81 bits per heavy atom. The fraction of sp³-hybridized carbons (Fsp3) is 0.225. The highest BCUT2D eigenvalue weighted by Gasteiger charge is 2.37. The minimum atomic E-state index is -4.45. The summed E-state index contributed by atoms with van der Waals surface area (Å²) in [7, 11) is -6.76. The topological polar surface area (TPSA) is 114 Å². The number of carbonyl (C=O) groups is 1. The minimum absolute atomic E-state index is 0.0727. The number of hydrogen-bond donors (Lipinski definition) is 0. The molecule has 0 fully saturated rings. The number of nitrogens with zero attached hydrogens (tertiary/aromatic N) is 3. The van der Waals surface area contributed by atoms with Gasteiger partial charge in [-0.3, -0.25) is 0 Å².